The highest BCUT2D eigenvalue weighted by atomic mass is 16.5. The van der Waals surface area contributed by atoms with Gasteiger partial charge in [-0.15, -0.1) is 0 Å². The molecule has 1 N–H and O–H groups in total. The van der Waals surface area contributed by atoms with E-state index in [0.29, 0.717) is 36.1 Å². The minimum Gasteiger partial charge on any atom is -0.489 e. The predicted molar refractivity (Wildman–Crippen MR) is 122 cm³/mol. The van der Waals surface area contributed by atoms with E-state index in [0.717, 1.165) is 44.3 Å². The summed E-state index contributed by atoms with van der Waals surface area (Å²) in [6.45, 7) is 3.07. The lowest BCUT2D eigenvalue weighted by atomic mass is 9.54. The highest BCUT2D eigenvalue weighted by molar-refractivity contribution is 5.87. The van der Waals surface area contributed by atoms with Gasteiger partial charge in [-0.25, -0.2) is 0 Å². The first-order valence-electron chi connectivity index (χ1n) is 12.0. The van der Waals surface area contributed by atoms with Gasteiger partial charge in [-0.2, -0.15) is 0 Å². The van der Waals surface area contributed by atoms with Crippen LogP contribution in [0.1, 0.15) is 68.1 Å². The summed E-state index contributed by atoms with van der Waals surface area (Å²) in [5, 5.41) is 9.36. The number of rotatable bonds is 6. The lowest BCUT2D eigenvalue weighted by molar-refractivity contribution is -0.129. The standard InChI is InChI=1S/C28H34O3/c1-28-14-13-24-23-12-10-22(31-18-19-6-3-2-4-7-19)16-20(23)9-11-25(24)27(28)21(8-5-15-29)17-26(28)30/h2-4,6-7,10,12,16,21,24-25,27,29H,5,8-9,11,13-15,17-18H2,1H3. The Labute approximate surface area is 185 Å². The lowest BCUT2D eigenvalue weighted by Crippen LogP contribution is -2.44. The SMILES string of the molecule is CC12CCC3c4ccc(OCc5ccccc5)cc4CCC3C1C(CCCO)CC2=O. The van der Waals surface area contributed by atoms with Crippen LogP contribution in [0, 0.1) is 23.2 Å². The molecule has 164 valence electrons. The first-order chi connectivity index (χ1) is 15.1. The number of carbonyl (C=O) groups is 1. The van der Waals surface area contributed by atoms with E-state index in [1.807, 2.05) is 18.2 Å². The van der Waals surface area contributed by atoms with E-state index in [2.05, 4.69) is 37.3 Å². The normalized spacial score (nSPS) is 31.6. The van der Waals surface area contributed by atoms with Crippen molar-refractivity contribution in [1.82, 2.24) is 0 Å². The summed E-state index contributed by atoms with van der Waals surface area (Å²) < 4.78 is 6.09. The molecule has 0 amide bonds. The minimum atomic E-state index is -0.141. The summed E-state index contributed by atoms with van der Waals surface area (Å²) in [5.74, 6) is 3.53. The monoisotopic (exact) mass is 418 g/mol. The Morgan fingerprint density at radius 1 is 1.13 bits per heavy atom. The van der Waals surface area contributed by atoms with Crippen LogP contribution in [0.25, 0.3) is 0 Å². The van der Waals surface area contributed by atoms with Gasteiger partial charge < -0.3 is 9.84 Å². The van der Waals surface area contributed by atoms with Gasteiger partial charge in [0.2, 0.25) is 0 Å². The van der Waals surface area contributed by atoms with Gasteiger partial charge in [0.25, 0.3) is 0 Å². The third-order valence-electron chi connectivity index (χ3n) is 8.52. The number of fused-ring (bicyclic) bond motifs is 5. The molecule has 0 aromatic heterocycles. The molecule has 2 aromatic rings. The number of benzene rings is 2. The van der Waals surface area contributed by atoms with Gasteiger partial charge in [0.05, 0.1) is 0 Å². The van der Waals surface area contributed by atoms with Crippen molar-refractivity contribution in [3.05, 3.63) is 65.2 Å². The molecule has 0 saturated heterocycles. The zero-order valence-electron chi connectivity index (χ0n) is 18.6. The van der Waals surface area contributed by atoms with Crippen molar-refractivity contribution in [1.29, 1.82) is 0 Å². The van der Waals surface area contributed by atoms with Crippen LogP contribution in [0.5, 0.6) is 5.75 Å². The molecule has 31 heavy (non-hydrogen) atoms. The molecule has 2 aromatic carbocycles. The average Bonchev–Trinajstić information content (AvgIpc) is 3.06. The fraction of sp³-hybridized carbons (Fsp3) is 0.536. The molecule has 0 aliphatic heterocycles. The molecule has 3 heteroatoms. The molecule has 5 unspecified atom stereocenters. The van der Waals surface area contributed by atoms with E-state index in [-0.39, 0.29) is 12.0 Å². The number of hydrogen-bond acceptors (Lipinski definition) is 3. The van der Waals surface area contributed by atoms with Crippen molar-refractivity contribution in [2.24, 2.45) is 23.2 Å². The van der Waals surface area contributed by atoms with E-state index < -0.39 is 0 Å². The van der Waals surface area contributed by atoms with Gasteiger partial charge in [-0.3, -0.25) is 4.79 Å². The second-order valence-corrected chi connectivity index (χ2v) is 10.2. The minimum absolute atomic E-state index is 0.141. The van der Waals surface area contributed by atoms with Crippen LogP contribution in [0.4, 0.5) is 0 Å². The fourth-order valence-corrected chi connectivity index (χ4v) is 7.07. The molecule has 5 rings (SSSR count). The van der Waals surface area contributed by atoms with Gasteiger partial charge in [0.15, 0.2) is 0 Å². The molecule has 5 atom stereocenters. The number of ether oxygens (including phenoxy) is 1. The van der Waals surface area contributed by atoms with Gasteiger partial charge >= 0.3 is 0 Å². The van der Waals surface area contributed by atoms with Gasteiger partial charge in [0, 0.05) is 18.4 Å². The second-order valence-electron chi connectivity index (χ2n) is 10.2. The lowest BCUT2D eigenvalue weighted by Gasteiger charge is -2.50. The molecular weight excluding hydrogens is 384 g/mol. The van der Waals surface area contributed by atoms with Crippen molar-refractivity contribution in [2.45, 2.75) is 64.4 Å². The molecular formula is C28H34O3. The van der Waals surface area contributed by atoms with E-state index in [1.165, 1.54) is 23.1 Å². The summed E-state index contributed by atoms with van der Waals surface area (Å²) in [5.41, 5.74) is 3.97. The largest absolute Gasteiger partial charge is 0.489 e. The molecule has 3 nitrogen and oxygen atoms in total. The van der Waals surface area contributed by atoms with E-state index in [4.69, 9.17) is 4.74 Å². The maximum atomic E-state index is 13.0. The van der Waals surface area contributed by atoms with E-state index >= 15 is 0 Å². The van der Waals surface area contributed by atoms with Crippen LogP contribution in [-0.4, -0.2) is 17.5 Å². The van der Waals surface area contributed by atoms with Crippen molar-refractivity contribution in [3.63, 3.8) is 0 Å². The summed E-state index contributed by atoms with van der Waals surface area (Å²) in [4.78, 5) is 13.0. The summed E-state index contributed by atoms with van der Waals surface area (Å²) in [6, 6.07) is 17.0. The molecule has 3 aliphatic rings. The first-order valence-corrected chi connectivity index (χ1v) is 12.0. The van der Waals surface area contributed by atoms with Crippen molar-refractivity contribution < 1.29 is 14.6 Å². The van der Waals surface area contributed by atoms with Crippen LogP contribution in [0.2, 0.25) is 0 Å². The average molecular weight is 419 g/mol. The second kappa shape index (κ2) is 8.43. The zero-order chi connectivity index (χ0) is 21.4. The summed E-state index contributed by atoms with van der Waals surface area (Å²) in [6.07, 6.45) is 6.91. The third kappa shape index (κ3) is 3.71. The highest BCUT2D eigenvalue weighted by Crippen LogP contribution is 2.62. The first kappa shape index (κ1) is 20.8. The fourth-order valence-electron chi connectivity index (χ4n) is 7.07. The molecule has 0 spiro atoms. The van der Waals surface area contributed by atoms with E-state index in [1.54, 1.807) is 0 Å². The van der Waals surface area contributed by atoms with Gasteiger partial charge in [-0.05, 0) is 91.0 Å². The van der Waals surface area contributed by atoms with Gasteiger partial charge in [0.1, 0.15) is 18.1 Å². The number of Topliss-reactive ketones (excluding diaryl/α,β-unsaturated/α-hetero) is 1. The zero-order valence-corrected chi connectivity index (χ0v) is 18.6. The van der Waals surface area contributed by atoms with Crippen molar-refractivity contribution in [2.75, 3.05) is 6.61 Å². The number of aryl methyl sites for hydroxylation is 1. The summed E-state index contributed by atoms with van der Waals surface area (Å²) >= 11 is 0. The van der Waals surface area contributed by atoms with Crippen LogP contribution in [0.15, 0.2) is 48.5 Å². The Hall–Kier alpha value is -2.13. The molecule has 3 aliphatic carbocycles. The van der Waals surface area contributed by atoms with Crippen LogP contribution in [-0.2, 0) is 17.8 Å². The quantitative estimate of drug-likeness (QED) is 0.655. The van der Waals surface area contributed by atoms with Crippen molar-refractivity contribution in [3.8, 4) is 5.75 Å². The van der Waals surface area contributed by atoms with Crippen LogP contribution >= 0.6 is 0 Å². The number of ketones is 1. The summed E-state index contributed by atoms with van der Waals surface area (Å²) in [7, 11) is 0. The molecule has 2 saturated carbocycles. The maximum absolute atomic E-state index is 13.0. The molecule has 0 heterocycles. The smallest absolute Gasteiger partial charge is 0.139 e. The Balaban J connectivity index is 1.35. The van der Waals surface area contributed by atoms with Crippen molar-refractivity contribution >= 4 is 5.78 Å². The number of hydrogen-bond donors (Lipinski definition) is 1. The number of aliphatic hydroxyl groups is 1. The molecule has 0 bridgehead atoms. The Morgan fingerprint density at radius 3 is 2.77 bits per heavy atom. The maximum Gasteiger partial charge on any atom is 0.139 e. The topological polar surface area (TPSA) is 46.5 Å². The number of aliphatic hydroxyl groups excluding tert-OH is 1. The molecule has 2 fully saturated rings. The van der Waals surface area contributed by atoms with Crippen LogP contribution in [0.3, 0.4) is 0 Å². The van der Waals surface area contributed by atoms with Gasteiger partial charge in [-0.1, -0.05) is 43.3 Å². The highest BCUT2D eigenvalue weighted by Gasteiger charge is 2.58. The number of carbonyl (C=O) groups excluding carboxylic acids is 1. The Morgan fingerprint density at radius 2 is 1.97 bits per heavy atom. The van der Waals surface area contributed by atoms with E-state index in [9.17, 15) is 9.90 Å². The predicted octanol–water partition coefficient (Wildman–Crippen LogP) is 5.69. The third-order valence-corrected chi connectivity index (χ3v) is 8.52. The van der Waals surface area contributed by atoms with Crippen LogP contribution < -0.4 is 4.74 Å². The Kier molecular flexibility index (Phi) is 5.64. The molecule has 0 radical (unpaired) electrons. The Bertz CT molecular complexity index is 937.